The second-order valence-corrected chi connectivity index (χ2v) is 4.66. The van der Waals surface area contributed by atoms with Gasteiger partial charge in [0.25, 0.3) is 0 Å². The van der Waals surface area contributed by atoms with Gasteiger partial charge in [0.1, 0.15) is 17.3 Å². The molecule has 0 aliphatic carbocycles. The van der Waals surface area contributed by atoms with Crippen LogP contribution in [0.3, 0.4) is 0 Å². The molecule has 2 aromatic heterocycles. The van der Waals surface area contributed by atoms with E-state index in [-0.39, 0.29) is 11.2 Å². The number of nitrogens with zero attached hydrogens (tertiary/aromatic N) is 2. The van der Waals surface area contributed by atoms with E-state index in [1.54, 1.807) is 6.07 Å². The van der Waals surface area contributed by atoms with E-state index in [4.69, 9.17) is 5.26 Å². The van der Waals surface area contributed by atoms with Crippen LogP contribution >= 0.6 is 0 Å². The minimum atomic E-state index is -0.424. The van der Waals surface area contributed by atoms with E-state index in [9.17, 15) is 4.39 Å². The highest BCUT2D eigenvalue weighted by Gasteiger charge is 2.11. The lowest BCUT2D eigenvalue weighted by Crippen LogP contribution is -2.19. The van der Waals surface area contributed by atoms with Crippen LogP contribution in [0, 0.1) is 23.1 Å². The molecule has 18 heavy (non-hydrogen) atoms. The van der Waals surface area contributed by atoms with Crippen molar-refractivity contribution in [1.29, 1.82) is 5.26 Å². The van der Waals surface area contributed by atoms with E-state index in [0.29, 0.717) is 18.0 Å². The first-order valence-corrected chi connectivity index (χ1v) is 5.89. The van der Waals surface area contributed by atoms with Crippen LogP contribution in [0.2, 0.25) is 0 Å². The first-order chi connectivity index (χ1) is 8.61. The number of H-pyrrole nitrogens is 1. The van der Waals surface area contributed by atoms with Crippen LogP contribution in [-0.2, 0) is 6.54 Å². The van der Waals surface area contributed by atoms with Crippen molar-refractivity contribution >= 4 is 11.0 Å². The Hall–Kier alpha value is -1.93. The van der Waals surface area contributed by atoms with Gasteiger partial charge in [0, 0.05) is 12.7 Å². The number of hydrogen-bond acceptors (Lipinski definition) is 3. The van der Waals surface area contributed by atoms with Crippen LogP contribution in [0.1, 0.15) is 25.1 Å². The van der Waals surface area contributed by atoms with Crippen molar-refractivity contribution in [2.24, 2.45) is 5.92 Å². The maximum Gasteiger partial charge on any atom is 0.166 e. The fourth-order valence-corrected chi connectivity index (χ4v) is 1.83. The molecular formula is C13H15FN4. The van der Waals surface area contributed by atoms with Crippen molar-refractivity contribution < 1.29 is 4.39 Å². The number of nitrogens with one attached hydrogen (secondary N) is 2. The molecule has 2 heterocycles. The molecule has 94 valence electrons. The lowest BCUT2D eigenvalue weighted by atomic mass is 10.1. The predicted octanol–water partition coefficient (Wildman–Crippen LogP) is 2.32. The van der Waals surface area contributed by atoms with Gasteiger partial charge in [-0.05, 0) is 24.1 Å². The average Bonchev–Trinajstić information content (AvgIpc) is 2.71. The zero-order valence-corrected chi connectivity index (χ0v) is 10.4. The van der Waals surface area contributed by atoms with E-state index >= 15 is 0 Å². The molecule has 0 saturated heterocycles. The Morgan fingerprint density at radius 2 is 2.33 bits per heavy atom. The number of fused-ring (bicyclic) bond motifs is 1. The molecule has 0 aliphatic heterocycles. The second kappa shape index (κ2) is 5.15. The zero-order chi connectivity index (χ0) is 13.1. The van der Waals surface area contributed by atoms with Gasteiger partial charge >= 0.3 is 0 Å². The molecule has 0 aliphatic rings. The van der Waals surface area contributed by atoms with Gasteiger partial charge in [0.05, 0.1) is 5.52 Å². The van der Waals surface area contributed by atoms with Gasteiger partial charge < -0.3 is 10.3 Å². The molecule has 2 N–H and O–H groups in total. The van der Waals surface area contributed by atoms with E-state index in [2.05, 4.69) is 29.1 Å². The number of hydrogen-bond donors (Lipinski definition) is 2. The molecule has 5 heteroatoms. The van der Waals surface area contributed by atoms with Crippen molar-refractivity contribution in [3.63, 3.8) is 0 Å². The van der Waals surface area contributed by atoms with Gasteiger partial charge in [-0.15, -0.1) is 0 Å². The van der Waals surface area contributed by atoms with Gasteiger partial charge in [-0.2, -0.15) is 5.26 Å². The first-order valence-electron chi connectivity index (χ1n) is 5.89. The molecule has 2 rings (SSSR count). The molecule has 0 fully saturated rings. The van der Waals surface area contributed by atoms with E-state index < -0.39 is 5.82 Å². The molecule has 0 radical (unpaired) electrons. The molecule has 0 aromatic carbocycles. The Labute approximate surface area is 105 Å². The van der Waals surface area contributed by atoms with E-state index in [0.717, 1.165) is 12.1 Å². The Morgan fingerprint density at radius 1 is 1.56 bits per heavy atom. The maximum atomic E-state index is 13.5. The molecule has 0 amide bonds. The normalized spacial score (nSPS) is 11.1. The standard InChI is InChI=1S/C13H15FN4/c1-8(2)5-16-6-9-3-10(4-15)18-13-11(14)7-17-12(9)13/h3,7-8,16-17H,5-6H2,1-2H3. The van der Waals surface area contributed by atoms with Crippen molar-refractivity contribution in [3.05, 3.63) is 29.3 Å². The summed E-state index contributed by atoms with van der Waals surface area (Å²) in [7, 11) is 0. The summed E-state index contributed by atoms with van der Waals surface area (Å²) in [5.74, 6) is 0.116. The Balaban J connectivity index is 2.33. The summed E-state index contributed by atoms with van der Waals surface area (Å²) in [6, 6.07) is 3.64. The second-order valence-electron chi connectivity index (χ2n) is 4.66. The number of nitriles is 1. The summed E-state index contributed by atoms with van der Waals surface area (Å²) in [6.45, 7) is 5.69. The smallest absolute Gasteiger partial charge is 0.166 e. The van der Waals surface area contributed by atoms with Crippen molar-refractivity contribution in [2.75, 3.05) is 6.54 Å². The number of rotatable bonds is 4. The minimum Gasteiger partial charge on any atom is -0.357 e. The van der Waals surface area contributed by atoms with Crippen LogP contribution in [0.25, 0.3) is 11.0 Å². The van der Waals surface area contributed by atoms with E-state index in [1.165, 1.54) is 6.20 Å². The van der Waals surface area contributed by atoms with Crippen LogP contribution in [0.15, 0.2) is 12.3 Å². The third-order valence-electron chi connectivity index (χ3n) is 2.65. The molecule has 0 saturated carbocycles. The summed E-state index contributed by atoms with van der Waals surface area (Å²) < 4.78 is 13.5. The van der Waals surface area contributed by atoms with Crippen LogP contribution in [0.4, 0.5) is 4.39 Å². The predicted molar refractivity (Wildman–Crippen MR) is 67.3 cm³/mol. The Kier molecular flexibility index (Phi) is 3.58. The van der Waals surface area contributed by atoms with Crippen molar-refractivity contribution in [2.45, 2.75) is 20.4 Å². The van der Waals surface area contributed by atoms with Gasteiger partial charge in [0.2, 0.25) is 0 Å². The Bertz CT molecular complexity index is 595. The van der Waals surface area contributed by atoms with Gasteiger partial charge in [-0.1, -0.05) is 13.8 Å². The fraction of sp³-hybridized carbons (Fsp3) is 0.385. The minimum absolute atomic E-state index is 0.232. The molecule has 0 bridgehead atoms. The molecular weight excluding hydrogens is 231 g/mol. The monoisotopic (exact) mass is 246 g/mol. The quantitative estimate of drug-likeness (QED) is 0.870. The number of pyridine rings is 1. The van der Waals surface area contributed by atoms with Crippen molar-refractivity contribution in [3.8, 4) is 6.07 Å². The Morgan fingerprint density at radius 3 is 3.00 bits per heavy atom. The third-order valence-corrected chi connectivity index (χ3v) is 2.65. The largest absolute Gasteiger partial charge is 0.357 e. The maximum absolute atomic E-state index is 13.5. The third kappa shape index (κ3) is 2.49. The summed E-state index contributed by atoms with van der Waals surface area (Å²) in [5, 5.41) is 12.2. The molecule has 2 aromatic rings. The highest BCUT2D eigenvalue weighted by atomic mass is 19.1. The summed E-state index contributed by atoms with van der Waals surface area (Å²) in [4.78, 5) is 6.82. The van der Waals surface area contributed by atoms with Crippen LogP contribution in [0.5, 0.6) is 0 Å². The molecule has 0 atom stereocenters. The summed E-state index contributed by atoms with van der Waals surface area (Å²) in [5.41, 5.74) is 1.99. The van der Waals surface area contributed by atoms with Gasteiger partial charge in [0.15, 0.2) is 5.82 Å². The lowest BCUT2D eigenvalue weighted by Gasteiger charge is -2.08. The zero-order valence-electron chi connectivity index (χ0n) is 10.4. The molecule has 0 unspecified atom stereocenters. The topological polar surface area (TPSA) is 64.5 Å². The lowest BCUT2D eigenvalue weighted by molar-refractivity contribution is 0.553. The summed E-state index contributed by atoms with van der Waals surface area (Å²) >= 11 is 0. The molecule has 4 nitrogen and oxygen atoms in total. The first kappa shape index (κ1) is 12.5. The fourth-order valence-electron chi connectivity index (χ4n) is 1.83. The van der Waals surface area contributed by atoms with Gasteiger partial charge in [-0.25, -0.2) is 9.37 Å². The molecule has 0 spiro atoms. The number of aromatic nitrogens is 2. The highest BCUT2D eigenvalue weighted by molar-refractivity contribution is 5.80. The van der Waals surface area contributed by atoms with Crippen LogP contribution < -0.4 is 5.32 Å². The average molecular weight is 246 g/mol. The highest BCUT2D eigenvalue weighted by Crippen LogP contribution is 2.19. The van der Waals surface area contributed by atoms with Gasteiger partial charge in [-0.3, -0.25) is 0 Å². The number of halogens is 1. The van der Waals surface area contributed by atoms with Crippen LogP contribution in [-0.4, -0.2) is 16.5 Å². The van der Waals surface area contributed by atoms with E-state index in [1.807, 2.05) is 6.07 Å². The SMILES string of the molecule is CC(C)CNCc1cc(C#N)nc2c(F)c[nH]c12. The van der Waals surface area contributed by atoms with Crippen molar-refractivity contribution in [1.82, 2.24) is 15.3 Å². The summed E-state index contributed by atoms with van der Waals surface area (Å²) in [6.07, 6.45) is 1.27. The number of aromatic amines is 1.